The molecule has 6 nitrogen and oxygen atoms in total. The maximum Gasteiger partial charge on any atom is 0.240 e. The zero-order valence-electron chi connectivity index (χ0n) is 15.4. The molecule has 1 aromatic rings. The van der Waals surface area contributed by atoms with E-state index in [1.54, 1.807) is 19.1 Å². The second kappa shape index (κ2) is 8.60. The summed E-state index contributed by atoms with van der Waals surface area (Å²) in [6, 6.07) is 5.56. The van der Waals surface area contributed by atoms with Gasteiger partial charge in [-0.1, -0.05) is 6.07 Å². The number of hydrogen-bond donors (Lipinski definition) is 2. The molecular weight excluding hydrogens is 326 g/mol. The van der Waals surface area contributed by atoms with Crippen LogP contribution in [-0.4, -0.2) is 44.4 Å². The molecule has 0 aliphatic rings. The standard InChI is InChI=1S/C17H29N3O3S/c1-12(2)20(13(3)4)10-9-18-24(22,23)17-11-16(19-15(6)21)8-7-14(17)5/h7-8,11-13,18H,9-10H2,1-6H3,(H,19,21). The zero-order valence-corrected chi connectivity index (χ0v) is 16.2. The van der Waals surface area contributed by atoms with Crippen LogP contribution >= 0.6 is 0 Å². The Balaban J connectivity index is 2.87. The van der Waals surface area contributed by atoms with Crippen molar-refractivity contribution in [1.82, 2.24) is 9.62 Å². The summed E-state index contributed by atoms with van der Waals surface area (Å²) in [5.74, 6) is -0.236. The summed E-state index contributed by atoms with van der Waals surface area (Å²) in [5, 5.41) is 2.61. The fraction of sp³-hybridized carbons (Fsp3) is 0.588. The van der Waals surface area contributed by atoms with Gasteiger partial charge in [0.2, 0.25) is 15.9 Å². The van der Waals surface area contributed by atoms with Crippen molar-refractivity contribution in [3.63, 3.8) is 0 Å². The van der Waals surface area contributed by atoms with Crippen LogP contribution in [-0.2, 0) is 14.8 Å². The van der Waals surface area contributed by atoms with Crippen molar-refractivity contribution >= 4 is 21.6 Å². The Bertz CT molecular complexity index is 662. The summed E-state index contributed by atoms with van der Waals surface area (Å²) in [6.07, 6.45) is 0. The molecular formula is C17H29N3O3S. The number of rotatable bonds is 8. The van der Waals surface area contributed by atoms with Gasteiger partial charge in [-0.2, -0.15) is 0 Å². The van der Waals surface area contributed by atoms with Gasteiger partial charge in [0.05, 0.1) is 4.90 Å². The van der Waals surface area contributed by atoms with E-state index in [1.807, 2.05) is 0 Å². The molecule has 2 N–H and O–H groups in total. The molecule has 0 aliphatic heterocycles. The first kappa shape index (κ1) is 20.6. The number of aryl methyl sites for hydroxylation is 1. The first-order valence-electron chi connectivity index (χ1n) is 8.18. The quantitative estimate of drug-likeness (QED) is 0.750. The first-order valence-corrected chi connectivity index (χ1v) is 9.66. The number of anilines is 1. The first-order chi connectivity index (χ1) is 11.0. The molecule has 136 valence electrons. The molecule has 0 radical (unpaired) electrons. The normalized spacial score (nSPS) is 12.2. The van der Waals surface area contributed by atoms with E-state index in [0.717, 1.165) is 0 Å². The molecule has 0 heterocycles. The monoisotopic (exact) mass is 355 g/mol. The van der Waals surface area contributed by atoms with Gasteiger partial charge in [-0.25, -0.2) is 13.1 Å². The van der Waals surface area contributed by atoms with Crippen LogP contribution in [0.25, 0.3) is 0 Å². The highest BCUT2D eigenvalue weighted by Crippen LogP contribution is 2.20. The lowest BCUT2D eigenvalue weighted by molar-refractivity contribution is -0.114. The van der Waals surface area contributed by atoms with Crippen molar-refractivity contribution in [3.05, 3.63) is 23.8 Å². The number of carbonyl (C=O) groups excluding carboxylic acids is 1. The van der Waals surface area contributed by atoms with E-state index in [2.05, 4.69) is 42.6 Å². The van der Waals surface area contributed by atoms with Crippen LogP contribution in [0, 0.1) is 6.92 Å². The summed E-state index contributed by atoms with van der Waals surface area (Å²) < 4.78 is 27.8. The Hall–Kier alpha value is -1.44. The molecule has 7 heteroatoms. The molecule has 1 aromatic carbocycles. The molecule has 0 aliphatic carbocycles. The van der Waals surface area contributed by atoms with Crippen molar-refractivity contribution in [1.29, 1.82) is 0 Å². The number of hydrogen-bond acceptors (Lipinski definition) is 4. The van der Waals surface area contributed by atoms with Gasteiger partial charge in [0.25, 0.3) is 0 Å². The van der Waals surface area contributed by atoms with Gasteiger partial charge in [-0.05, 0) is 52.3 Å². The van der Waals surface area contributed by atoms with Gasteiger partial charge in [0.1, 0.15) is 0 Å². The fourth-order valence-electron chi connectivity index (χ4n) is 2.67. The Morgan fingerprint density at radius 3 is 2.25 bits per heavy atom. The van der Waals surface area contributed by atoms with Crippen LogP contribution in [0.15, 0.2) is 23.1 Å². The lowest BCUT2D eigenvalue weighted by atomic mass is 10.2. The van der Waals surface area contributed by atoms with Gasteiger partial charge >= 0.3 is 0 Å². The van der Waals surface area contributed by atoms with E-state index in [4.69, 9.17) is 0 Å². The minimum atomic E-state index is -3.62. The van der Waals surface area contributed by atoms with Gasteiger partial charge in [-0.15, -0.1) is 0 Å². The number of carbonyl (C=O) groups is 1. The third-order valence-electron chi connectivity index (χ3n) is 3.79. The van der Waals surface area contributed by atoms with Crippen LogP contribution in [0.5, 0.6) is 0 Å². The fourth-order valence-corrected chi connectivity index (χ4v) is 3.96. The van der Waals surface area contributed by atoms with Gasteiger partial charge in [0, 0.05) is 37.8 Å². The van der Waals surface area contributed by atoms with Gasteiger partial charge in [-0.3, -0.25) is 9.69 Å². The Morgan fingerprint density at radius 1 is 1.17 bits per heavy atom. The lowest BCUT2D eigenvalue weighted by Crippen LogP contribution is -2.42. The second-order valence-electron chi connectivity index (χ2n) is 6.48. The molecule has 0 spiro atoms. The minimum absolute atomic E-state index is 0.189. The minimum Gasteiger partial charge on any atom is -0.326 e. The van der Waals surface area contributed by atoms with Crippen LogP contribution in [0.3, 0.4) is 0 Å². The van der Waals surface area contributed by atoms with Crippen LogP contribution < -0.4 is 10.0 Å². The summed E-state index contributed by atoms with van der Waals surface area (Å²) in [7, 11) is -3.62. The molecule has 0 atom stereocenters. The predicted molar refractivity (Wildman–Crippen MR) is 97.6 cm³/mol. The van der Waals surface area contributed by atoms with Crippen molar-refractivity contribution in [2.45, 2.75) is 58.5 Å². The number of sulfonamides is 1. The molecule has 0 saturated heterocycles. The van der Waals surface area contributed by atoms with E-state index in [1.165, 1.54) is 13.0 Å². The third kappa shape index (κ3) is 5.89. The summed E-state index contributed by atoms with van der Waals surface area (Å²) in [4.78, 5) is 13.6. The SMILES string of the molecule is CC(=O)Nc1ccc(C)c(S(=O)(=O)NCCN(C(C)C)C(C)C)c1. The van der Waals surface area contributed by atoms with Crippen molar-refractivity contribution < 1.29 is 13.2 Å². The highest BCUT2D eigenvalue weighted by Gasteiger charge is 2.19. The largest absolute Gasteiger partial charge is 0.326 e. The van der Waals surface area contributed by atoms with Crippen molar-refractivity contribution in [3.8, 4) is 0 Å². The molecule has 0 fully saturated rings. The maximum atomic E-state index is 12.6. The van der Waals surface area contributed by atoms with Crippen molar-refractivity contribution in [2.24, 2.45) is 0 Å². The highest BCUT2D eigenvalue weighted by atomic mass is 32.2. The zero-order chi connectivity index (χ0) is 18.5. The molecule has 0 saturated carbocycles. The van der Waals surface area contributed by atoms with Crippen LogP contribution in [0.1, 0.15) is 40.2 Å². The summed E-state index contributed by atoms with van der Waals surface area (Å²) >= 11 is 0. The Kier molecular flexibility index (Phi) is 7.38. The Labute approximate surface area is 145 Å². The number of amides is 1. The van der Waals surface area contributed by atoms with Crippen LogP contribution in [0.4, 0.5) is 5.69 Å². The molecule has 0 aromatic heterocycles. The van der Waals surface area contributed by atoms with E-state index < -0.39 is 10.0 Å². The van der Waals surface area contributed by atoms with E-state index in [0.29, 0.717) is 36.4 Å². The molecule has 1 amide bonds. The van der Waals surface area contributed by atoms with E-state index in [-0.39, 0.29) is 10.8 Å². The second-order valence-corrected chi connectivity index (χ2v) is 8.22. The van der Waals surface area contributed by atoms with Gasteiger partial charge < -0.3 is 5.32 Å². The van der Waals surface area contributed by atoms with Crippen LogP contribution in [0.2, 0.25) is 0 Å². The topological polar surface area (TPSA) is 78.5 Å². The van der Waals surface area contributed by atoms with E-state index in [9.17, 15) is 13.2 Å². The number of benzene rings is 1. The molecule has 1 rings (SSSR count). The van der Waals surface area contributed by atoms with E-state index >= 15 is 0 Å². The Morgan fingerprint density at radius 2 is 1.75 bits per heavy atom. The highest BCUT2D eigenvalue weighted by molar-refractivity contribution is 7.89. The van der Waals surface area contributed by atoms with Crippen molar-refractivity contribution in [2.75, 3.05) is 18.4 Å². The summed E-state index contributed by atoms with van der Waals surface area (Å²) in [5.41, 5.74) is 1.11. The average Bonchev–Trinajstić information content (AvgIpc) is 2.44. The number of nitrogens with one attached hydrogen (secondary N) is 2. The van der Waals surface area contributed by atoms with Gasteiger partial charge in [0.15, 0.2) is 0 Å². The number of nitrogens with zero attached hydrogens (tertiary/aromatic N) is 1. The summed E-state index contributed by atoms with van der Waals surface area (Å²) in [6.45, 7) is 12.5. The smallest absolute Gasteiger partial charge is 0.240 e. The third-order valence-corrected chi connectivity index (χ3v) is 5.39. The maximum absolute atomic E-state index is 12.6. The average molecular weight is 356 g/mol. The lowest BCUT2D eigenvalue weighted by Gasteiger charge is -2.30. The molecule has 24 heavy (non-hydrogen) atoms. The molecule has 0 unspecified atom stereocenters. The molecule has 0 bridgehead atoms. The predicted octanol–water partition coefficient (Wildman–Crippen LogP) is 2.35.